The molecule has 2 nitrogen and oxygen atoms in total. The minimum atomic E-state index is -0.283. The van der Waals surface area contributed by atoms with Gasteiger partial charge in [-0.3, -0.25) is 0 Å². The molecule has 0 aliphatic heterocycles. The van der Waals surface area contributed by atoms with Gasteiger partial charge in [-0.05, 0) is 42.0 Å². The van der Waals surface area contributed by atoms with Gasteiger partial charge in [0.15, 0.2) is 0 Å². The first-order valence-corrected chi connectivity index (χ1v) is 6.36. The van der Waals surface area contributed by atoms with E-state index in [4.69, 9.17) is 10.5 Å². The zero-order valence-corrected chi connectivity index (χ0v) is 11.2. The molecule has 0 saturated heterocycles. The number of hydrogen-bond acceptors (Lipinski definition) is 2. The van der Waals surface area contributed by atoms with E-state index < -0.39 is 0 Å². The number of halogens is 2. The van der Waals surface area contributed by atoms with Crippen LogP contribution in [0.1, 0.15) is 11.7 Å². The maximum atomic E-state index is 12.8. The Morgan fingerprint density at radius 2 is 1.89 bits per heavy atom. The van der Waals surface area contributed by atoms with Crippen LogP contribution in [0, 0.1) is 5.82 Å². The summed E-state index contributed by atoms with van der Waals surface area (Å²) < 4.78 is 19.5. The van der Waals surface area contributed by atoms with Crippen molar-refractivity contribution in [2.75, 3.05) is 6.54 Å². The molecule has 18 heavy (non-hydrogen) atoms. The molecule has 2 N–H and O–H groups in total. The molecule has 1 atom stereocenters. The van der Waals surface area contributed by atoms with Crippen molar-refractivity contribution in [2.45, 2.75) is 6.10 Å². The molecule has 0 spiro atoms. The van der Waals surface area contributed by atoms with E-state index in [9.17, 15) is 4.39 Å². The molecule has 0 bridgehead atoms. The van der Waals surface area contributed by atoms with Crippen LogP contribution in [-0.2, 0) is 0 Å². The first-order valence-electron chi connectivity index (χ1n) is 5.57. The molecule has 94 valence electrons. The third-order valence-electron chi connectivity index (χ3n) is 2.53. The van der Waals surface area contributed by atoms with Crippen molar-refractivity contribution in [3.63, 3.8) is 0 Å². The van der Waals surface area contributed by atoms with Crippen molar-refractivity contribution in [1.82, 2.24) is 0 Å². The predicted octanol–water partition coefficient (Wildman–Crippen LogP) is 3.67. The van der Waals surface area contributed by atoms with E-state index in [1.807, 2.05) is 24.3 Å². The first-order chi connectivity index (χ1) is 8.69. The minimum absolute atomic E-state index is 0.243. The highest BCUT2D eigenvalue weighted by Gasteiger charge is 2.11. The molecule has 0 radical (unpaired) electrons. The van der Waals surface area contributed by atoms with E-state index in [-0.39, 0.29) is 11.9 Å². The van der Waals surface area contributed by atoms with Gasteiger partial charge in [0.05, 0.1) is 0 Å². The van der Waals surface area contributed by atoms with Gasteiger partial charge in [-0.25, -0.2) is 4.39 Å². The van der Waals surface area contributed by atoms with Crippen LogP contribution in [-0.4, -0.2) is 6.54 Å². The quantitative estimate of drug-likeness (QED) is 0.935. The second-order valence-electron chi connectivity index (χ2n) is 3.85. The van der Waals surface area contributed by atoms with Crippen molar-refractivity contribution >= 4 is 15.9 Å². The predicted molar refractivity (Wildman–Crippen MR) is 73.0 cm³/mol. The van der Waals surface area contributed by atoms with Gasteiger partial charge in [0.25, 0.3) is 0 Å². The van der Waals surface area contributed by atoms with Crippen molar-refractivity contribution in [3.8, 4) is 5.75 Å². The molecule has 0 aliphatic rings. The Kier molecular flexibility index (Phi) is 4.33. The van der Waals surface area contributed by atoms with Crippen molar-refractivity contribution < 1.29 is 9.13 Å². The highest BCUT2D eigenvalue weighted by atomic mass is 79.9. The lowest BCUT2D eigenvalue weighted by molar-refractivity contribution is 0.214. The van der Waals surface area contributed by atoms with Gasteiger partial charge < -0.3 is 10.5 Å². The molecule has 2 aromatic rings. The fourth-order valence-electron chi connectivity index (χ4n) is 1.64. The van der Waals surface area contributed by atoms with Gasteiger partial charge in [0, 0.05) is 11.0 Å². The number of benzene rings is 2. The lowest BCUT2D eigenvalue weighted by Gasteiger charge is -2.18. The summed E-state index contributed by atoms with van der Waals surface area (Å²) in [5.41, 5.74) is 6.70. The molecular formula is C14H13BrFNO. The highest BCUT2D eigenvalue weighted by Crippen LogP contribution is 2.23. The molecule has 0 fully saturated rings. The normalized spacial score (nSPS) is 12.2. The van der Waals surface area contributed by atoms with Crippen molar-refractivity contribution in [3.05, 3.63) is 64.4 Å². The largest absolute Gasteiger partial charge is 0.484 e. The molecule has 2 rings (SSSR count). The molecule has 1 unspecified atom stereocenters. The fourth-order valence-corrected chi connectivity index (χ4v) is 2.05. The van der Waals surface area contributed by atoms with Gasteiger partial charge in [-0.15, -0.1) is 0 Å². The van der Waals surface area contributed by atoms with Gasteiger partial charge >= 0.3 is 0 Å². The van der Waals surface area contributed by atoms with Crippen LogP contribution in [0.5, 0.6) is 5.75 Å². The van der Waals surface area contributed by atoms with E-state index in [0.717, 1.165) is 10.0 Å². The summed E-state index contributed by atoms with van der Waals surface area (Å²) in [6.07, 6.45) is -0.243. The van der Waals surface area contributed by atoms with Crippen LogP contribution in [0.15, 0.2) is 53.0 Å². The molecule has 0 aromatic heterocycles. The Balaban J connectivity index is 2.17. The number of ether oxygens (including phenoxy) is 1. The van der Waals surface area contributed by atoms with Crippen molar-refractivity contribution in [1.29, 1.82) is 0 Å². The Morgan fingerprint density at radius 3 is 2.50 bits per heavy atom. The van der Waals surface area contributed by atoms with E-state index in [1.54, 1.807) is 12.1 Å². The van der Waals surface area contributed by atoms with Gasteiger partial charge in [0.2, 0.25) is 0 Å². The summed E-state index contributed by atoms with van der Waals surface area (Å²) >= 11 is 3.41. The van der Waals surface area contributed by atoms with Crippen LogP contribution in [0.2, 0.25) is 0 Å². The standard InChI is InChI=1S/C14H13BrFNO/c15-11-3-1-2-10(8-11)14(9-17)18-13-6-4-12(16)5-7-13/h1-8,14H,9,17H2. The summed E-state index contributed by atoms with van der Waals surface area (Å²) in [5.74, 6) is 0.320. The molecule has 4 heteroatoms. The summed E-state index contributed by atoms with van der Waals surface area (Å²) in [6, 6.07) is 13.7. The highest BCUT2D eigenvalue weighted by molar-refractivity contribution is 9.10. The lowest BCUT2D eigenvalue weighted by atomic mass is 10.1. The lowest BCUT2D eigenvalue weighted by Crippen LogP contribution is -2.18. The molecule has 0 heterocycles. The average molecular weight is 310 g/mol. The van der Waals surface area contributed by atoms with Gasteiger partial charge in [0.1, 0.15) is 17.7 Å². The number of hydrogen-bond donors (Lipinski definition) is 1. The SMILES string of the molecule is NCC(Oc1ccc(F)cc1)c1cccc(Br)c1. The van der Waals surface area contributed by atoms with E-state index in [0.29, 0.717) is 12.3 Å². The second kappa shape index (κ2) is 5.98. The zero-order valence-electron chi connectivity index (χ0n) is 9.64. The Labute approximate surface area is 114 Å². The third kappa shape index (κ3) is 3.31. The topological polar surface area (TPSA) is 35.2 Å². The zero-order chi connectivity index (χ0) is 13.0. The second-order valence-corrected chi connectivity index (χ2v) is 4.77. The van der Waals surface area contributed by atoms with Crippen LogP contribution >= 0.6 is 15.9 Å². The minimum Gasteiger partial charge on any atom is -0.484 e. The maximum Gasteiger partial charge on any atom is 0.136 e. The monoisotopic (exact) mass is 309 g/mol. The molecule has 2 aromatic carbocycles. The van der Waals surface area contributed by atoms with Crippen LogP contribution in [0.3, 0.4) is 0 Å². The number of rotatable bonds is 4. The maximum absolute atomic E-state index is 12.8. The molecule has 0 aliphatic carbocycles. The summed E-state index contributed by atoms with van der Waals surface area (Å²) in [4.78, 5) is 0. The molecule has 0 saturated carbocycles. The smallest absolute Gasteiger partial charge is 0.136 e. The summed E-state index contributed by atoms with van der Waals surface area (Å²) in [7, 11) is 0. The number of nitrogens with two attached hydrogens (primary N) is 1. The Hall–Kier alpha value is -1.39. The third-order valence-corrected chi connectivity index (χ3v) is 3.02. The van der Waals surface area contributed by atoms with Crippen LogP contribution in [0.4, 0.5) is 4.39 Å². The summed E-state index contributed by atoms with van der Waals surface area (Å²) in [5, 5.41) is 0. The van der Waals surface area contributed by atoms with E-state index in [2.05, 4.69) is 15.9 Å². The molecule has 0 amide bonds. The first kappa shape index (κ1) is 13.1. The van der Waals surface area contributed by atoms with Gasteiger partial charge in [-0.2, -0.15) is 0 Å². The van der Waals surface area contributed by atoms with E-state index in [1.165, 1.54) is 12.1 Å². The molecular weight excluding hydrogens is 297 g/mol. The van der Waals surface area contributed by atoms with E-state index >= 15 is 0 Å². The van der Waals surface area contributed by atoms with Gasteiger partial charge in [-0.1, -0.05) is 28.1 Å². The Morgan fingerprint density at radius 1 is 1.17 bits per heavy atom. The van der Waals surface area contributed by atoms with Crippen LogP contribution in [0.25, 0.3) is 0 Å². The van der Waals surface area contributed by atoms with Crippen LogP contribution < -0.4 is 10.5 Å². The summed E-state index contributed by atoms with van der Waals surface area (Å²) in [6.45, 7) is 0.355. The average Bonchev–Trinajstić information content (AvgIpc) is 2.38. The Bertz CT molecular complexity index is 515. The fraction of sp³-hybridized carbons (Fsp3) is 0.143. The van der Waals surface area contributed by atoms with Crippen molar-refractivity contribution in [2.24, 2.45) is 5.73 Å².